The van der Waals surface area contributed by atoms with Crippen molar-refractivity contribution >= 4 is 11.6 Å². The molecule has 2 aliphatic rings. The van der Waals surface area contributed by atoms with E-state index in [9.17, 15) is 0 Å². The molecule has 1 aromatic rings. The molecule has 19 heavy (non-hydrogen) atoms. The number of nitrogens with zero attached hydrogens (tertiary/aromatic N) is 3. The van der Waals surface area contributed by atoms with Crippen LogP contribution in [0.3, 0.4) is 0 Å². The van der Waals surface area contributed by atoms with Gasteiger partial charge in [-0.25, -0.2) is 0 Å². The summed E-state index contributed by atoms with van der Waals surface area (Å²) in [6.07, 6.45) is 3.37. The molecule has 4 heteroatoms. The molecule has 1 aromatic carbocycles. The Morgan fingerprint density at radius 1 is 1.32 bits per heavy atom. The fourth-order valence-electron chi connectivity index (χ4n) is 2.74. The summed E-state index contributed by atoms with van der Waals surface area (Å²) in [4.78, 5) is 8.82. The second-order valence-electron chi connectivity index (χ2n) is 5.11. The predicted octanol–water partition coefficient (Wildman–Crippen LogP) is 1.80. The molecular weight excluding hydrogens is 236 g/mol. The van der Waals surface area contributed by atoms with Crippen molar-refractivity contribution in [2.45, 2.75) is 19.4 Å². The normalized spacial score (nSPS) is 24.3. The molecule has 2 aliphatic heterocycles. The van der Waals surface area contributed by atoms with Gasteiger partial charge in [0.2, 0.25) is 0 Å². The number of guanidine groups is 1. The second kappa shape index (κ2) is 4.61. The Kier molecular flexibility index (Phi) is 2.93. The first kappa shape index (κ1) is 12.1. The van der Waals surface area contributed by atoms with Gasteiger partial charge in [0.05, 0.1) is 6.04 Å². The molecule has 0 fully saturated rings. The van der Waals surface area contributed by atoms with Crippen LogP contribution in [0.4, 0.5) is 5.69 Å². The number of nitrogens with one attached hydrogen (secondary N) is 1. The number of hydrogen-bond acceptors (Lipinski definition) is 2. The van der Waals surface area contributed by atoms with E-state index < -0.39 is 0 Å². The first-order valence-electron chi connectivity index (χ1n) is 6.74. The van der Waals surface area contributed by atoms with Gasteiger partial charge in [0, 0.05) is 26.3 Å². The smallest absolute Gasteiger partial charge is 0.199 e. The highest BCUT2D eigenvalue weighted by atomic mass is 15.4. The SMILES string of the molecule is CN=C1NC(N2CCc3ccccc32)=CC(C)N1C. The van der Waals surface area contributed by atoms with E-state index in [0.29, 0.717) is 6.04 Å². The van der Waals surface area contributed by atoms with Crippen molar-refractivity contribution in [1.82, 2.24) is 10.2 Å². The summed E-state index contributed by atoms with van der Waals surface area (Å²) in [5.41, 5.74) is 2.74. The van der Waals surface area contributed by atoms with Crippen LogP contribution in [-0.4, -0.2) is 37.5 Å². The Hall–Kier alpha value is -1.97. The number of para-hydroxylation sites is 1. The summed E-state index contributed by atoms with van der Waals surface area (Å²) in [5, 5.41) is 3.43. The summed E-state index contributed by atoms with van der Waals surface area (Å²) in [6, 6.07) is 8.97. The third-order valence-corrected chi connectivity index (χ3v) is 3.97. The minimum Gasteiger partial charge on any atom is -0.339 e. The summed E-state index contributed by atoms with van der Waals surface area (Å²) in [7, 11) is 3.89. The molecule has 0 bridgehead atoms. The molecule has 0 saturated carbocycles. The van der Waals surface area contributed by atoms with E-state index in [1.165, 1.54) is 11.3 Å². The molecule has 0 aromatic heterocycles. The lowest BCUT2D eigenvalue weighted by molar-refractivity contribution is 0.420. The minimum atomic E-state index is 0.350. The number of hydrogen-bond donors (Lipinski definition) is 1. The number of aliphatic imine (C=N–C) groups is 1. The van der Waals surface area contributed by atoms with E-state index in [1.54, 1.807) is 0 Å². The second-order valence-corrected chi connectivity index (χ2v) is 5.11. The molecule has 1 N–H and O–H groups in total. The Labute approximate surface area is 114 Å². The molecular formula is C15H20N4. The quantitative estimate of drug-likeness (QED) is 0.831. The molecule has 0 aliphatic carbocycles. The molecule has 3 rings (SSSR count). The summed E-state index contributed by atoms with van der Waals surface area (Å²) < 4.78 is 0. The lowest BCUT2D eigenvalue weighted by Crippen LogP contribution is -2.50. The van der Waals surface area contributed by atoms with Crippen molar-refractivity contribution in [3.8, 4) is 0 Å². The van der Waals surface area contributed by atoms with Crippen molar-refractivity contribution in [3.05, 3.63) is 41.7 Å². The molecule has 2 heterocycles. The highest BCUT2D eigenvalue weighted by Gasteiger charge is 2.27. The van der Waals surface area contributed by atoms with Crippen LogP contribution < -0.4 is 10.2 Å². The molecule has 0 radical (unpaired) electrons. The van der Waals surface area contributed by atoms with Crippen molar-refractivity contribution in [2.24, 2.45) is 4.99 Å². The van der Waals surface area contributed by atoms with Gasteiger partial charge in [-0.3, -0.25) is 4.99 Å². The van der Waals surface area contributed by atoms with Crippen molar-refractivity contribution < 1.29 is 0 Å². The number of benzene rings is 1. The number of anilines is 1. The van der Waals surface area contributed by atoms with E-state index >= 15 is 0 Å². The van der Waals surface area contributed by atoms with Crippen LogP contribution in [0.1, 0.15) is 12.5 Å². The van der Waals surface area contributed by atoms with Crippen LogP contribution in [0.15, 0.2) is 41.2 Å². The predicted molar refractivity (Wildman–Crippen MR) is 79.3 cm³/mol. The van der Waals surface area contributed by atoms with Gasteiger partial charge in [0.25, 0.3) is 0 Å². The fraction of sp³-hybridized carbons (Fsp3) is 0.400. The first-order chi connectivity index (χ1) is 9.20. The van der Waals surface area contributed by atoms with E-state index in [0.717, 1.165) is 24.7 Å². The number of rotatable bonds is 1. The van der Waals surface area contributed by atoms with Crippen molar-refractivity contribution in [1.29, 1.82) is 0 Å². The zero-order chi connectivity index (χ0) is 13.4. The van der Waals surface area contributed by atoms with Crippen LogP contribution in [0, 0.1) is 0 Å². The van der Waals surface area contributed by atoms with Crippen molar-refractivity contribution in [3.63, 3.8) is 0 Å². The monoisotopic (exact) mass is 256 g/mol. The van der Waals surface area contributed by atoms with Gasteiger partial charge >= 0.3 is 0 Å². The average molecular weight is 256 g/mol. The molecule has 0 saturated heterocycles. The largest absolute Gasteiger partial charge is 0.339 e. The lowest BCUT2D eigenvalue weighted by Gasteiger charge is -2.36. The van der Waals surface area contributed by atoms with Gasteiger partial charge in [-0.15, -0.1) is 0 Å². The Balaban J connectivity index is 1.94. The van der Waals surface area contributed by atoms with E-state index in [2.05, 4.69) is 64.4 Å². The minimum absolute atomic E-state index is 0.350. The maximum atomic E-state index is 4.32. The zero-order valence-electron chi connectivity index (χ0n) is 11.7. The topological polar surface area (TPSA) is 30.9 Å². The maximum Gasteiger partial charge on any atom is 0.199 e. The Morgan fingerprint density at radius 3 is 2.89 bits per heavy atom. The lowest BCUT2D eigenvalue weighted by atomic mass is 10.2. The third-order valence-electron chi connectivity index (χ3n) is 3.97. The third kappa shape index (κ3) is 1.97. The van der Waals surface area contributed by atoms with Gasteiger partial charge in [-0.1, -0.05) is 18.2 Å². The number of likely N-dealkylation sites (N-methyl/N-ethyl adjacent to an activating group) is 1. The standard InChI is InChI=1S/C15H20N4/c1-11-10-14(17-15(16-2)18(11)3)19-9-8-12-6-4-5-7-13(12)19/h4-7,10-11H,8-9H2,1-3H3,(H,16,17). The van der Waals surface area contributed by atoms with E-state index in [1.807, 2.05) is 7.05 Å². The van der Waals surface area contributed by atoms with Gasteiger partial charge in [0.15, 0.2) is 5.96 Å². The molecule has 1 atom stereocenters. The first-order valence-corrected chi connectivity index (χ1v) is 6.74. The summed E-state index contributed by atoms with van der Waals surface area (Å²) >= 11 is 0. The van der Waals surface area contributed by atoms with Crippen LogP contribution in [0.5, 0.6) is 0 Å². The maximum absolute atomic E-state index is 4.32. The van der Waals surface area contributed by atoms with Crippen molar-refractivity contribution in [2.75, 3.05) is 25.5 Å². The van der Waals surface area contributed by atoms with Gasteiger partial charge in [0.1, 0.15) is 5.82 Å². The van der Waals surface area contributed by atoms with Gasteiger partial charge in [-0.05, 0) is 31.1 Å². The van der Waals surface area contributed by atoms with E-state index in [4.69, 9.17) is 0 Å². The summed E-state index contributed by atoms with van der Waals surface area (Å²) in [6.45, 7) is 3.22. The van der Waals surface area contributed by atoms with Gasteiger partial charge < -0.3 is 15.1 Å². The number of fused-ring (bicyclic) bond motifs is 1. The van der Waals surface area contributed by atoms with Crippen LogP contribution in [0.2, 0.25) is 0 Å². The van der Waals surface area contributed by atoms with Gasteiger partial charge in [-0.2, -0.15) is 0 Å². The fourth-order valence-corrected chi connectivity index (χ4v) is 2.74. The highest BCUT2D eigenvalue weighted by Crippen LogP contribution is 2.30. The molecule has 1 unspecified atom stereocenters. The molecule has 0 spiro atoms. The highest BCUT2D eigenvalue weighted by molar-refractivity contribution is 5.84. The van der Waals surface area contributed by atoms with Crippen LogP contribution in [-0.2, 0) is 6.42 Å². The average Bonchev–Trinajstić information content (AvgIpc) is 2.85. The molecule has 4 nitrogen and oxygen atoms in total. The van der Waals surface area contributed by atoms with E-state index in [-0.39, 0.29) is 0 Å². The molecule has 100 valence electrons. The van der Waals surface area contributed by atoms with Crippen LogP contribution >= 0.6 is 0 Å². The summed E-state index contributed by atoms with van der Waals surface area (Å²) in [5.74, 6) is 2.07. The molecule has 0 amide bonds. The Morgan fingerprint density at radius 2 is 2.11 bits per heavy atom. The Bertz CT molecular complexity index is 547. The van der Waals surface area contributed by atoms with Crippen LogP contribution in [0.25, 0.3) is 0 Å². The zero-order valence-corrected chi connectivity index (χ0v) is 11.7.